The van der Waals surface area contributed by atoms with E-state index in [9.17, 15) is 0 Å². The summed E-state index contributed by atoms with van der Waals surface area (Å²) in [7, 11) is 0. The zero-order valence-electron chi connectivity index (χ0n) is 18.2. The third kappa shape index (κ3) is 9.88. The first-order valence-electron chi connectivity index (χ1n) is 10.8. The molecule has 0 aromatic heterocycles. The molecule has 31 heavy (non-hydrogen) atoms. The zero-order valence-corrected chi connectivity index (χ0v) is 20.5. The van der Waals surface area contributed by atoms with Gasteiger partial charge in [-0.25, -0.2) is 4.99 Å². The molecule has 2 N–H and O–H groups in total. The molecule has 2 aromatic carbocycles. The van der Waals surface area contributed by atoms with Crippen LogP contribution in [0.5, 0.6) is 5.75 Å². The molecule has 0 spiro atoms. The van der Waals surface area contributed by atoms with Gasteiger partial charge in [-0.3, -0.25) is 0 Å². The highest BCUT2D eigenvalue weighted by Crippen LogP contribution is 2.14. The van der Waals surface area contributed by atoms with Crippen molar-refractivity contribution >= 4 is 29.9 Å². The third-order valence-corrected chi connectivity index (χ3v) is 4.82. The fourth-order valence-corrected chi connectivity index (χ4v) is 3.24. The van der Waals surface area contributed by atoms with Gasteiger partial charge in [-0.15, -0.1) is 24.0 Å². The molecule has 1 fully saturated rings. The number of benzene rings is 2. The van der Waals surface area contributed by atoms with E-state index >= 15 is 0 Å². The Balaban J connectivity index is 0.00000341. The van der Waals surface area contributed by atoms with Crippen LogP contribution in [-0.4, -0.2) is 45.0 Å². The summed E-state index contributed by atoms with van der Waals surface area (Å²) >= 11 is 0. The lowest BCUT2D eigenvalue weighted by molar-refractivity contribution is -0.0390. The van der Waals surface area contributed by atoms with Crippen molar-refractivity contribution in [2.75, 3.05) is 32.9 Å². The molecular weight excluding hydrogens is 505 g/mol. The lowest BCUT2D eigenvalue weighted by atomic mass is 10.1. The second kappa shape index (κ2) is 15.0. The Bertz CT molecular complexity index is 768. The van der Waals surface area contributed by atoms with Gasteiger partial charge in [0.15, 0.2) is 5.96 Å². The topological polar surface area (TPSA) is 64.1 Å². The molecule has 3 rings (SSSR count). The zero-order chi connectivity index (χ0) is 20.9. The number of ether oxygens (including phenoxy) is 3. The summed E-state index contributed by atoms with van der Waals surface area (Å²) in [6, 6.07) is 18.3. The number of hydrogen-bond acceptors (Lipinski definition) is 4. The largest absolute Gasteiger partial charge is 0.492 e. The molecule has 0 atom stereocenters. The van der Waals surface area contributed by atoms with Gasteiger partial charge in [-0.2, -0.15) is 0 Å². The summed E-state index contributed by atoms with van der Waals surface area (Å²) in [6.07, 6.45) is 2.27. The maximum Gasteiger partial charge on any atom is 0.191 e. The van der Waals surface area contributed by atoms with Gasteiger partial charge in [0.25, 0.3) is 0 Å². The highest BCUT2D eigenvalue weighted by molar-refractivity contribution is 14.0. The van der Waals surface area contributed by atoms with Crippen molar-refractivity contribution in [1.29, 1.82) is 0 Å². The second-order valence-corrected chi connectivity index (χ2v) is 7.23. The molecule has 1 aliphatic rings. The molecule has 0 unspecified atom stereocenters. The normalized spacial score (nSPS) is 14.5. The van der Waals surface area contributed by atoms with Crippen LogP contribution in [0.4, 0.5) is 0 Å². The fraction of sp³-hybridized carbons (Fsp3) is 0.458. The molecule has 6 nitrogen and oxygen atoms in total. The van der Waals surface area contributed by atoms with E-state index in [1.165, 1.54) is 11.1 Å². The van der Waals surface area contributed by atoms with Gasteiger partial charge in [0.05, 0.1) is 25.8 Å². The molecule has 0 bridgehead atoms. The van der Waals surface area contributed by atoms with E-state index in [2.05, 4.69) is 41.8 Å². The van der Waals surface area contributed by atoms with Crippen LogP contribution in [0, 0.1) is 0 Å². The third-order valence-electron chi connectivity index (χ3n) is 4.82. The van der Waals surface area contributed by atoms with Crippen LogP contribution in [0.25, 0.3) is 0 Å². The average Bonchev–Trinajstić information content (AvgIpc) is 2.80. The van der Waals surface area contributed by atoms with Gasteiger partial charge in [0.1, 0.15) is 12.4 Å². The van der Waals surface area contributed by atoms with Crippen molar-refractivity contribution in [3.05, 3.63) is 65.7 Å². The van der Waals surface area contributed by atoms with Gasteiger partial charge in [-0.05, 0) is 43.0 Å². The van der Waals surface area contributed by atoms with Crippen molar-refractivity contribution < 1.29 is 14.2 Å². The SMILES string of the molecule is CCNC(=NCc1cccc(COC2CCOCC2)c1)NCCOc1ccccc1.I. The van der Waals surface area contributed by atoms with E-state index in [4.69, 9.17) is 19.2 Å². The van der Waals surface area contributed by atoms with Gasteiger partial charge in [0.2, 0.25) is 0 Å². The minimum Gasteiger partial charge on any atom is -0.492 e. The first-order chi connectivity index (χ1) is 14.8. The first kappa shape index (κ1) is 25.4. The molecule has 1 aliphatic heterocycles. The summed E-state index contributed by atoms with van der Waals surface area (Å²) in [5.74, 6) is 1.67. The minimum absolute atomic E-state index is 0. The second-order valence-electron chi connectivity index (χ2n) is 7.23. The molecule has 1 heterocycles. The van der Waals surface area contributed by atoms with Crippen LogP contribution in [0.3, 0.4) is 0 Å². The van der Waals surface area contributed by atoms with Crippen LogP contribution >= 0.6 is 24.0 Å². The maximum atomic E-state index is 6.04. The summed E-state index contributed by atoms with van der Waals surface area (Å²) in [5, 5.41) is 6.60. The van der Waals surface area contributed by atoms with Crippen LogP contribution in [0.15, 0.2) is 59.6 Å². The van der Waals surface area contributed by atoms with Crippen LogP contribution in [0.2, 0.25) is 0 Å². The quantitative estimate of drug-likeness (QED) is 0.206. The van der Waals surface area contributed by atoms with Crippen molar-refractivity contribution in [3.63, 3.8) is 0 Å². The van der Waals surface area contributed by atoms with Gasteiger partial charge >= 0.3 is 0 Å². The Hall–Kier alpha value is -1.84. The van der Waals surface area contributed by atoms with Crippen molar-refractivity contribution in [1.82, 2.24) is 10.6 Å². The van der Waals surface area contributed by atoms with Gasteiger partial charge in [0, 0.05) is 19.8 Å². The van der Waals surface area contributed by atoms with E-state index in [0.717, 1.165) is 44.3 Å². The maximum absolute atomic E-state index is 6.04. The Morgan fingerprint density at radius 3 is 2.58 bits per heavy atom. The summed E-state index contributed by atoms with van der Waals surface area (Å²) in [6.45, 7) is 6.98. The minimum atomic E-state index is 0. The standard InChI is InChI=1S/C24H33N3O3.HI/c1-2-25-24(26-13-16-29-22-9-4-3-5-10-22)27-18-20-7-6-8-21(17-20)19-30-23-11-14-28-15-12-23;/h3-10,17,23H,2,11-16,18-19H2,1H3,(H2,25,26,27);1H. The van der Waals surface area contributed by atoms with Crippen LogP contribution in [-0.2, 0) is 22.6 Å². The number of nitrogens with one attached hydrogen (secondary N) is 2. The number of halogens is 1. The van der Waals surface area contributed by atoms with E-state index in [-0.39, 0.29) is 24.0 Å². The smallest absolute Gasteiger partial charge is 0.191 e. The van der Waals surface area contributed by atoms with Gasteiger partial charge < -0.3 is 24.8 Å². The van der Waals surface area contributed by atoms with E-state index in [1.807, 2.05) is 30.3 Å². The highest BCUT2D eigenvalue weighted by atomic mass is 127. The highest BCUT2D eigenvalue weighted by Gasteiger charge is 2.14. The summed E-state index contributed by atoms with van der Waals surface area (Å²) in [5.41, 5.74) is 2.35. The Morgan fingerprint density at radius 1 is 1.03 bits per heavy atom. The molecule has 0 amide bonds. The molecule has 2 aromatic rings. The first-order valence-corrected chi connectivity index (χ1v) is 10.8. The number of hydrogen-bond donors (Lipinski definition) is 2. The monoisotopic (exact) mass is 539 g/mol. The predicted molar refractivity (Wildman–Crippen MR) is 135 cm³/mol. The number of nitrogens with zero attached hydrogens (tertiary/aromatic N) is 1. The van der Waals surface area contributed by atoms with E-state index < -0.39 is 0 Å². The Kier molecular flexibility index (Phi) is 12.3. The van der Waals surface area contributed by atoms with E-state index in [1.54, 1.807) is 0 Å². The Labute approximate surface area is 202 Å². The van der Waals surface area contributed by atoms with Crippen LogP contribution in [0.1, 0.15) is 30.9 Å². The molecule has 0 radical (unpaired) electrons. The molecule has 0 saturated carbocycles. The summed E-state index contributed by atoms with van der Waals surface area (Å²) in [4.78, 5) is 4.70. The lowest BCUT2D eigenvalue weighted by Gasteiger charge is -2.22. The number of aliphatic imine (C=N–C) groups is 1. The number of guanidine groups is 1. The molecule has 0 aliphatic carbocycles. The summed E-state index contributed by atoms with van der Waals surface area (Å²) < 4.78 is 17.1. The lowest BCUT2D eigenvalue weighted by Crippen LogP contribution is -2.39. The predicted octanol–water partition coefficient (Wildman–Crippen LogP) is 4.13. The molecule has 170 valence electrons. The van der Waals surface area contributed by atoms with Crippen molar-refractivity contribution in [2.24, 2.45) is 4.99 Å². The Morgan fingerprint density at radius 2 is 1.81 bits per heavy atom. The average molecular weight is 539 g/mol. The number of para-hydroxylation sites is 1. The molecular formula is C24H34IN3O3. The molecule has 7 heteroatoms. The van der Waals surface area contributed by atoms with Crippen LogP contribution < -0.4 is 15.4 Å². The fourth-order valence-electron chi connectivity index (χ4n) is 3.24. The van der Waals surface area contributed by atoms with E-state index in [0.29, 0.717) is 32.4 Å². The van der Waals surface area contributed by atoms with Crippen molar-refractivity contribution in [2.45, 2.75) is 39.0 Å². The molecule has 1 saturated heterocycles. The van der Waals surface area contributed by atoms with Gasteiger partial charge in [-0.1, -0.05) is 42.5 Å². The number of rotatable bonds is 10. The van der Waals surface area contributed by atoms with Crippen molar-refractivity contribution in [3.8, 4) is 5.75 Å².